The van der Waals surface area contributed by atoms with Gasteiger partial charge in [0.15, 0.2) is 0 Å². The van der Waals surface area contributed by atoms with E-state index in [1.807, 2.05) is 12.3 Å². The van der Waals surface area contributed by atoms with Gasteiger partial charge in [0, 0.05) is 18.0 Å². The Kier molecular flexibility index (Phi) is 4.95. The van der Waals surface area contributed by atoms with E-state index in [1.54, 1.807) is 6.07 Å². The zero-order valence-electron chi connectivity index (χ0n) is 12.1. The van der Waals surface area contributed by atoms with Gasteiger partial charge < -0.3 is 5.11 Å². The second kappa shape index (κ2) is 6.53. The molecule has 0 spiro atoms. The van der Waals surface area contributed by atoms with E-state index in [4.69, 9.17) is 0 Å². The second-order valence-electron chi connectivity index (χ2n) is 5.66. The van der Waals surface area contributed by atoms with E-state index in [1.165, 1.54) is 0 Å². The van der Waals surface area contributed by atoms with Crippen molar-refractivity contribution in [2.24, 2.45) is 5.41 Å². The van der Waals surface area contributed by atoms with Crippen LogP contribution in [-0.4, -0.2) is 34.0 Å². The summed E-state index contributed by atoms with van der Waals surface area (Å²) in [7, 11) is 0. The molecule has 0 unspecified atom stereocenters. The van der Waals surface area contributed by atoms with Crippen molar-refractivity contribution in [2.45, 2.75) is 39.2 Å². The van der Waals surface area contributed by atoms with Gasteiger partial charge in [0.05, 0.1) is 10.3 Å². The maximum absolute atomic E-state index is 11.5. The molecule has 21 heavy (non-hydrogen) atoms. The second-order valence-corrected chi connectivity index (χ2v) is 6.55. The lowest BCUT2D eigenvalue weighted by atomic mass is 9.75. The fourth-order valence-corrected chi connectivity index (χ4v) is 3.71. The fourth-order valence-electron chi connectivity index (χ4n) is 2.99. The van der Waals surface area contributed by atoms with E-state index < -0.39 is 11.4 Å². The van der Waals surface area contributed by atoms with Crippen LogP contribution in [0.1, 0.15) is 38.2 Å². The number of hydrogen-bond acceptors (Lipinski definition) is 5. The summed E-state index contributed by atoms with van der Waals surface area (Å²) in [6.07, 6.45) is 2.91. The maximum Gasteiger partial charge on any atom is 0.324 e. The first-order valence-corrected chi connectivity index (χ1v) is 8.02. The van der Waals surface area contributed by atoms with E-state index in [2.05, 4.69) is 4.90 Å². The molecule has 0 radical (unpaired) electrons. The minimum atomic E-state index is -0.685. The third-order valence-corrected chi connectivity index (χ3v) is 5.15. The van der Waals surface area contributed by atoms with E-state index >= 15 is 0 Å². The number of nitrogens with zero attached hydrogens (tertiary/aromatic N) is 2. The lowest BCUT2D eigenvalue weighted by Crippen LogP contribution is -2.44. The van der Waals surface area contributed by atoms with E-state index in [0.29, 0.717) is 19.4 Å². The van der Waals surface area contributed by atoms with Crippen LogP contribution in [0.3, 0.4) is 0 Å². The third kappa shape index (κ3) is 3.59. The van der Waals surface area contributed by atoms with Crippen LogP contribution >= 0.6 is 11.3 Å². The Balaban J connectivity index is 1.94. The first-order chi connectivity index (χ1) is 9.97. The van der Waals surface area contributed by atoms with E-state index in [-0.39, 0.29) is 9.92 Å². The van der Waals surface area contributed by atoms with Gasteiger partial charge in [-0.1, -0.05) is 24.7 Å². The number of thiophene rings is 1. The van der Waals surface area contributed by atoms with Gasteiger partial charge in [0.25, 0.3) is 0 Å². The molecule has 6 nitrogen and oxygen atoms in total. The van der Waals surface area contributed by atoms with Crippen molar-refractivity contribution in [1.29, 1.82) is 0 Å². The molecule has 0 amide bonds. The number of carboxylic acid groups (broad SMARTS) is 1. The molecular weight excluding hydrogens is 292 g/mol. The predicted molar refractivity (Wildman–Crippen MR) is 80.5 cm³/mol. The monoisotopic (exact) mass is 312 g/mol. The number of likely N-dealkylation sites (tertiary alicyclic amines) is 1. The molecule has 0 aliphatic carbocycles. The molecular formula is C14H20N2O4S. The largest absolute Gasteiger partial charge is 0.481 e. The molecule has 0 bridgehead atoms. The standard InChI is InChI=1S/C14H20N2O4S/c1-2-3-14(13(17)18)4-6-15(7-5-14)9-11-8-12(16(19)20)21-10-11/h8,10H,2-7,9H2,1H3,(H,17,18). The van der Waals surface area contributed by atoms with Crippen molar-refractivity contribution < 1.29 is 14.8 Å². The van der Waals surface area contributed by atoms with Gasteiger partial charge >= 0.3 is 11.0 Å². The molecule has 1 aromatic heterocycles. The Labute approximate surface area is 127 Å². The zero-order chi connectivity index (χ0) is 15.5. The minimum Gasteiger partial charge on any atom is -0.481 e. The van der Waals surface area contributed by atoms with Crippen LogP contribution in [0.15, 0.2) is 11.4 Å². The number of rotatable bonds is 6. The Morgan fingerprint density at radius 1 is 1.52 bits per heavy atom. The molecule has 7 heteroatoms. The van der Waals surface area contributed by atoms with Crippen LogP contribution in [0, 0.1) is 15.5 Å². The normalized spacial score (nSPS) is 18.5. The Bertz CT molecular complexity index is 521. The summed E-state index contributed by atoms with van der Waals surface area (Å²) in [5.74, 6) is -0.685. The van der Waals surface area contributed by atoms with Crippen molar-refractivity contribution in [2.75, 3.05) is 13.1 Å². The molecule has 1 aromatic rings. The van der Waals surface area contributed by atoms with Gasteiger partial charge in [-0.2, -0.15) is 0 Å². The van der Waals surface area contributed by atoms with Crippen LogP contribution in [0.4, 0.5) is 5.00 Å². The van der Waals surface area contributed by atoms with Crippen molar-refractivity contribution in [1.82, 2.24) is 4.90 Å². The molecule has 1 N–H and O–H groups in total. The summed E-state index contributed by atoms with van der Waals surface area (Å²) in [5.41, 5.74) is 0.358. The third-order valence-electron chi connectivity index (χ3n) is 4.22. The van der Waals surface area contributed by atoms with Crippen molar-refractivity contribution >= 4 is 22.3 Å². The van der Waals surface area contributed by atoms with Gasteiger partial charge in [-0.25, -0.2) is 0 Å². The number of aliphatic carboxylic acids is 1. The number of nitro groups is 1. The molecule has 2 heterocycles. The minimum absolute atomic E-state index is 0.160. The lowest BCUT2D eigenvalue weighted by Gasteiger charge is -2.38. The summed E-state index contributed by atoms with van der Waals surface area (Å²) in [6, 6.07) is 1.61. The molecule has 0 atom stereocenters. The van der Waals surface area contributed by atoms with Crippen LogP contribution in [0.2, 0.25) is 0 Å². The summed E-state index contributed by atoms with van der Waals surface area (Å²) < 4.78 is 0. The zero-order valence-corrected chi connectivity index (χ0v) is 12.9. The van der Waals surface area contributed by atoms with Gasteiger partial charge in [0.2, 0.25) is 0 Å². The van der Waals surface area contributed by atoms with Crippen LogP contribution in [0.25, 0.3) is 0 Å². The van der Waals surface area contributed by atoms with Crippen LogP contribution in [-0.2, 0) is 11.3 Å². The van der Waals surface area contributed by atoms with Crippen molar-refractivity contribution in [3.05, 3.63) is 27.1 Å². The summed E-state index contributed by atoms with van der Waals surface area (Å²) >= 11 is 1.14. The quantitative estimate of drug-likeness (QED) is 0.644. The van der Waals surface area contributed by atoms with Crippen LogP contribution < -0.4 is 0 Å². The highest BCUT2D eigenvalue weighted by molar-refractivity contribution is 7.13. The molecule has 1 aliphatic rings. The average Bonchev–Trinajstić information content (AvgIpc) is 2.90. The van der Waals surface area contributed by atoms with Crippen LogP contribution in [0.5, 0.6) is 0 Å². The summed E-state index contributed by atoms with van der Waals surface area (Å²) in [4.78, 5) is 24.0. The van der Waals surface area contributed by atoms with Crippen molar-refractivity contribution in [3.8, 4) is 0 Å². The lowest BCUT2D eigenvalue weighted by molar-refractivity contribution is -0.380. The molecule has 1 aliphatic heterocycles. The first-order valence-electron chi connectivity index (χ1n) is 7.14. The SMILES string of the molecule is CCCC1(C(=O)O)CCN(Cc2csc([N+](=O)[O-])c2)CC1. The van der Waals surface area contributed by atoms with Gasteiger partial charge in [-0.05, 0) is 37.9 Å². The summed E-state index contributed by atoms with van der Waals surface area (Å²) in [5, 5.41) is 22.1. The predicted octanol–water partition coefficient (Wildman–Crippen LogP) is 3.12. The maximum atomic E-state index is 11.5. The number of carboxylic acids is 1. The van der Waals surface area contributed by atoms with Gasteiger partial charge in [0.1, 0.15) is 0 Å². The summed E-state index contributed by atoms with van der Waals surface area (Å²) in [6.45, 7) is 4.14. The van der Waals surface area contributed by atoms with E-state index in [0.717, 1.165) is 42.8 Å². The smallest absolute Gasteiger partial charge is 0.324 e. The highest BCUT2D eigenvalue weighted by atomic mass is 32.1. The fraction of sp³-hybridized carbons (Fsp3) is 0.643. The highest BCUT2D eigenvalue weighted by Gasteiger charge is 2.40. The van der Waals surface area contributed by atoms with Crippen molar-refractivity contribution in [3.63, 3.8) is 0 Å². The van der Waals surface area contributed by atoms with Gasteiger partial charge in [-0.3, -0.25) is 19.8 Å². The molecule has 0 aromatic carbocycles. The molecule has 1 saturated heterocycles. The highest BCUT2D eigenvalue weighted by Crippen LogP contribution is 2.37. The molecule has 1 fully saturated rings. The number of piperidine rings is 1. The molecule has 2 rings (SSSR count). The first kappa shape index (κ1) is 15.9. The average molecular weight is 312 g/mol. The number of hydrogen-bond donors (Lipinski definition) is 1. The van der Waals surface area contributed by atoms with Gasteiger partial charge in [-0.15, -0.1) is 0 Å². The Morgan fingerprint density at radius 2 is 2.19 bits per heavy atom. The Hall–Kier alpha value is -1.47. The molecule has 116 valence electrons. The topological polar surface area (TPSA) is 83.7 Å². The van der Waals surface area contributed by atoms with E-state index in [9.17, 15) is 20.0 Å². The molecule has 0 saturated carbocycles. The number of carbonyl (C=O) groups is 1. The Morgan fingerprint density at radius 3 is 2.67 bits per heavy atom.